The highest BCUT2D eigenvalue weighted by molar-refractivity contribution is 5.78. The minimum Gasteiger partial charge on any atom is -0.479 e. The lowest BCUT2D eigenvalue weighted by atomic mass is 9.93. The minimum absolute atomic E-state index is 0.0584. The molecule has 0 spiro atoms. The summed E-state index contributed by atoms with van der Waals surface area (Å²) in [4.78, 5) is 15.4. The smallest absolute Gasteiger partial charge is 0.342 e. The van der Waals surface area contributed by atoms with Crippen molar-refractivity contribution in [2.75, 3.05) is 0 Å². The fourth-order valence-corrected chi connectivity index (χ4v) is 1.69. The maximum absolute atomic E-state index is 11.3. The first-order valence-electron chi connectivity index (χ1n) is 5.45. The van der Waals surface area contributed by atoms with Gasteiger partial charge in [0.1, 0.15) is 0 Å². The number of carboxylic acid groups (broad SMARTS) is 1. The highest BCUT2D eigenvalue weighted by Crippen LogP contribution is 2.32. The third-order valence-electron chi connectivity index (χ3n) is 3.02. The third kappa shape index (κ3) is 1.93. The Morgan fingerprint density at radius 1 is 1.56 bits per heavy atom. The van der Waals surface area contributed by atoms with Crippen molar-refractivity contribution < 1.29 is 14.6 Å². The van der Waals surface area contributed by atoms with Crippen LogP contribution in [0.3, 0.4) is 0 Å². The molecule has 0 bridgehead atoms. The summed E-state index contributed by atoms with van der Waals surface area (Å²) in [7, 11) is 0. The SMILES string of the molecule is CC(OC1CCC1)(C(=O)O)c1ccccn1. The van der Waals surface area contributed by atoms with E-state index in [1.807, 2.05) is 0 Å². The van der Waals surface area contributed by atoms with Crippen LogP contribution in [-0.4, -0.2) is 22.2 Å². The van der Waals surface area contributed by atoms with E-state index in [4.69, 9.17) is 4.74 Å². The molecular formula is C12H15NO3. The third-order valence-corrected chi connectivity index (χ3v) is 3.02. The molecule has 0 amide bonds. The highest BCUT2D eigenvalue weighted by atomic mass is 16.5. The van der Waals surface area contributed by atoms with Gasteiger partial charge in [-0.2, -0.15) is 0 Å². The first-order chi connectivity index (χ1) is 7.63. The van der Waals surface area contributed by atoms with Crippen molar-refractivity contribution in [3.63, 3.8) is 0 Å². The zero-order valence-electron chi connectivity index (χ0n) is 9.22. The molecule has 0 saturated heterocycles. The molecule has 1 aromatic rings. The largest absolute Gasteiger partial charge is 0.479 e. The molecule has 1 N–H and O–H groups in total. The van der Waals surface area contributed by atoms with E-state index in [1.54, 1.807) is 31.3 Å². The number of pyridine rings is 1. The summed E-state index contributed by atoms with van der Waals surface area (Å²) in [6.45, 7) is 1.57. The maximum atomic E-state index is 11.3. The van der Waals surface area contributed by atoms with Crippen LogP contribution in [0.15, 0.2) is 24.4 Å². The summed E-state index contributed by atoms with van der Waals surface area (Å²) < 4.78 is 5.66. The van der Waals surface area contributed by atoms with E-state index in [0.29, 0.717) is 5.69 Å². The molecule has 0 aromatic carbocycles. The number of hydrogen-bond donors (Lipinski definition) is 1. The molecule has 1 aliphatic rings. The molecular weight excluding hydrogens is 206 g/mol. The van der Waals surface area contributed by atoms with E-state index in [-0.39, 0.29) is 6.10 Å². The second kappa shape index (κ2) is 4.22. The lowest BCUT2D eigenvalue weighted by Gasteiger charge is -2.34. The van der Waals surface area contributed by atoms with E-state index in [9.17, 15) is 9.90 Å². The predicted octanol–water partition coefficient (Wildman–Crippen LogP) is 1.95. The lowest BCUT2D eigenvalue weighted by Crippen LogP contribution is -2.41. The number of hydrogen-bond acceptors (Lipinski definition) is 3. The van der Waals surface area contributed by atoms with Crippen LogP contribution in [-0.2, 0) is 15.1 Å². The van der Waals surface area contributed by atoms with Crippen LogP contribution in [0.5, 0.6) is 0 Å². The Morgan fingerprint density at radius 3 is 2.75 bits per heavy atom. The molecule has 1 atom stereocenters. The van der Waals surface area contributed by atoms with Gasteiger partial charge in [-0.25, -0.2) is 4.79 Å². The lowest BCUT2D eigenvalue weighted by molar-refractivity contribution is -0.180. The Hall–Kier alpha value is -1.42. The van der Waals surface area contributed by atoms with E-state index >= 15 is 0 Å². The molecule has 4 heteroatoms. The zero-order chi connectivity index (χ0) is 11.6. The van der Waals surface area contributed by atoms with Gasteiger partial charge in [0.25, 0.3) is 0 Å². The fourth-order valence-electron chi connectivity index (χ4n) is 1.69. The van der Waals surface area contributed by atoms with Crippen LogP contribution in [0.1, 0.15) is 31.9 Å². The summed E-state index contributed by atoms with van der Waals surface area (Å²) in [5.74, 6) is -0.988. The van der Waals surface area contributed by atoms with Gasteiger partial charge in [0.15, 0.2) is 0 Å². The Bertz CT molecular complexity index is 375. The zero-order valence-corrected chi connectivity index (χ0v) is 9.22. The summed E-state index contributed by atoms with van der Waals surface area (Å²) in [5.41, 5.74) is -0.874. The van der Waals surface area contributed by atoms with Gasteiger partial charge in [0.2, 0.25) is 5.60 Å². The second-order valence-corrected chi connectivity index (χ2v) is 4.22. The van der Waals surface area contributed by atoms with Crippen molar-refractivity contribution >= 4 is 5.97 Å². The number of ether oxygens (including phenoxy) is 1. The van der Waals surface area contributed by atoms with Crippen LogP contribution in [0.25, 0.3) is 0 Å². The standard InChI is InChI=1S/C12H15NO3/c1-12(11(14)15,16-9-5-4-6-9)10-7-2-3-8-13-10/h2-3,7-9H,4-6H2,1H3,(H,14,15). The van der Waals surface area contributed by atoms with E-state index in [1.165, 1.54) is 0 Å². The van der Waals surface area contributed by atoms with Crippen LogP contribution < -0.4 is 0 Å². The van der Waals surface area contributed by atoms with Crippen molar-refractivity contribution in [1.29, 1.82) is 0 Å². The van der Waals surface area contributed by atoms with Crippen molar-refractivity contribution in [3.8, 4) is 0 Å². The van der Waals surface area contributed by atoms with Crippen LogP contribution in [0.4, 0.5) is 0 Å². The number of aromatic nitrogens is 1. The van der Waals surface area contributed by atoms with Gasteiger partial charge in [-0.3, -0.25) is 4.98 Å². The molecule has 86 valence electrons. The molecule has 1 fully saturated rings. The Balaban J connectivity index is 2.24. The van der Waals surface area contributed by atoms with Gasteiger partial charge in [0.05, 0.1) is 11.8 Å². The monoisotopic (exact) mass is 221 g/mol. The first kappa shape index (κ1) is 11.1. The van der Waals surface area contributed by atoms with Crippen LogP contribution in [0, 0.1) is 0 Å². The molecule has 2 rings (SSSR count). The second-order valence-electron chi connectivity index (χ2n) is 4.22. The predicted molar refractivity (Wildman–Crippen MR) is 57.9 cm³/mol. The number of nitrogens with zero attached hydrogens (tertiary/aromatic N) is 1. The van der Waals surface area contributed by atoms with Gasteiger partial charge in [-0.15, -0.1) is 0 Å². The Labute approximate surface area is 94.3 Å². The quantitative estimate of drug-likeness (QED) is 0.844. The van der Waals surface area contributed by atoms with Gasteiger partial charge < -0.3 is 9.84 Å². The van der Waals surface area contributed by atoms with Crippen LogP contribution in [0.2, 0.25) is 0 Å². The summed E-state index contributed by atoms with van der Waals surface area (Å²) in [5, 5.41) is 9.29. The molecule has 1 aromatic heterocycles. The first-order valence-corrected chi connectivity index (χ1v) is 5.45. The van der Waals surface area contributed by atoms with Crippen molar-refractivity contribution in [3.05, 3.63) is 30.1 Å². The van der Waals surface area contributed by atoms with Crippen molar-refractivity contribution in [1.82, 2.24) is 4.98 Å². The van der Waals surface area contributed by atoms with Crippen LogP contribution >= 0.6 is 0 Å². The molecule has 0 radical (unpaired) electrons. The molecule has 1 heterocycles. The average molecular weight is 221 g/mol. The van der Waals surface area contributed by atoms with Gasteiger partial charge >= 0.3 is 5.97 Å². The minimum atomic E-state index is -1.33. The topological polar surface area (TPSA) is 59.4 Å². The van der Waals surface area contributed by atoms with Crippen molar-refractivity contribution in [2.45, 2.75) is 37.9 Å². The summed E-state index contributed by atoms with van der Waals surface area (Å²) >= 11 is 0. The number of carboxylic acids is 1. The van der Waals surface area contributed by atoms with Gasteiger partial charge in [0, 0.05) is 6.20 Å². The summed E-state index contributed by atoms with van der Waals surface area (Å²) in [6, 6.07) is 5.22. The molecule has 0 aliphatic heterocycles. The summed E-state index contributed by atoms with van der Waals surface area (Å²) in [6.07, 6.45) is 4.64. The molecule has 4 nitrogen and oxygen atoms in total. The van der Waals surface area contributed by atoms with Gasteiger partial charge in [-0.05, 0) is 38.3 Å². The van der Waals surface area contributed by atoms with Gasteiger partial charge in [-0.1, -0.05) is 6.07 Å². The van der Waals surface area contributed by atoms with E-state index in [0.717, 1.165) is 19.3 Å². The van der Waals surface area contributed by atoms with Crippen molar-refractivity contribution in [2.24, 2.45) is 0 Å². The fraction of sp³-hybridized carbons (Fsp3) is 0.500. The Kier molecular flexibility index (Phi) is 2.92. The van der Waals surface area contributed by atoms with E-state index in [2.05, 4.69) is 4.98 Å². The van der Waals surface area contributed by atoms with E-state index < -0.39 is 11.6 Å². The maximum Gasteiger partial charge on any atom is 0.342 e. The average Bonchev–Trinajstić information content (AvgIpc) is 2.24. The highest BCUT2D eigenvalue weighted by Gasteiger charge is 2.41. The Morgan fingerprint density at radius 2 is 2.31 bits per heavy atom. The number of carbonyl (C=O) groups is 1. The number of aliphatic carboxylic acids is 1. The normalized spacial score (nSPS) is 19.8. The number of rotatable bonds is 4. The molecule has 1 unspecified atom stereocenters. The molecule has 1 saturated carbocycles. The molecule has 1 aliphatic carbocycles. The molecule has 16 heavy (non-hydrogen) atoms.